The number of methoxy groups -OCH3 is 1. The van der Waals surface area contributed by atoms with Gasteiger partial charge in [-0.25, -0.2) is 0 Å². The summed E-state index contributed by atoms with van der Waals surface area (Å²) in [5, 5.41) is 10.9. The topological polar surface area (TPSA) is 97.0 Å². The van der Waals surface area contributed by atoms with Crippen LogP contribution in [0.2, 0.25) is 0 Å². The summed E-state index contributed by atoms with van der Waals surface area (Å²) in [4.78, 5) is 27.0. The van der Waals surface area contributed by atoms with E-state index in [4.69, 9.17) is 4.74 Å². The fourth-order valence-corrected chi connectivity index (χ4v) is 2.74. The normalized spacial score (nSPS) is 10.5. The molecule has 0 aliphatic carbocycles. The maximum atomic E-state index is 12.3. The largest absolute Gasteiger partial charge is 0.497 e. The van der Waals surface area contributed by atoms with Crippen molar-refractivity contribution in [3.05, 3.63) is 76.2 Å². The Morgan fingerprint density at radius 2 is 1.89 bits per heavy atom. The van der Waals surface area contributed by atoms with Crippen molar-refractivity contribution in [3.63, 3.8) is 0 Å². The lowest BCUT2D eigenvalue weighted by atomic mass is 10.1. The molecule has 1 amide bonds. The Hall–Kier alpha value is -3.48. The molecule has 1 heterocycles. The number of aryl methyl sites for hydroxylation is 1. The maximum Gasteiger partial charge on any atom is 0.273 e. The summed E-state index contributed by atoms with van der Waals surface area (Å²) in [7, 11) is 1.57. The molecule has 0 fully saturated rings. The number of H-pyrrole nitrogens is 1. The molecule has 144 valence electrons. The smallest absolute Gasteiger partial charge is 0.273 e. The number of rotatable bonds is 8. The van der Waals surface area contributed by atoms with Crippen molar-refractivity contribution in [1.29, 1.82) is 0 Å². The predicted molar refractivity (Wildman–Crippen MR) is 106 cm³/mol. The first kappa shape index (κ1) is 19.3. The van der Waals surface area contributed by atoms with Crippen molar-refractivity contribution in [3.8, 4) is 17.1 Å². The number of hydrogen-bond acceptors (Lipinski definition) is 5. The predicted octanol–water partition coefficient (Wildman–Crippen LogP) is 2.13. The van der Waals surface area contributed by atoms with E-state index in [2.05, 4.69) is 20.5 Å². The minimum atomic E-state index is -0.343. The van der Waals surface area contributed by atoms with Gasteiger partial charge in [-0.1, -0.05) is 42.5 Å². The zero-order valence-corrected chi connectivity index (χ0v) is 15.6. The molecule has 2 aromatic carbocycles. The second kappa shape index (κ2) is 9.45. The molecule has 28 heavy (non-hydrogen) atoms. The second-order valence-electron chi connectivity index (χ2n) is 6.27. The van der Waals surface area contributed by atoms with Gasteiger partial charge in [-0.15, -0.1) is 10.2 Å². The van der Waals surface area contributed by atoms with Crippen LogP contribution in [0.3, 0.4) is 0 Å². The summed E-state index contributed by atoms with van der Waals surface area (Å²) in [6.45, 7) is 0.555. The SMILES string of the molecule is COc1cccc(-c2nnc(CCC(=O)NCCc3ccccc3)c(=O)[nH]2)c1. The molecule has 0 saturated carbocycles. The van der Waals surface area contributed by atoms with Gasteiger partial charge in [0.25, 0.3) is 5.56 Å². The van der Waals surface area contributed by atoms with Crippen molar-refractivity contribution in [2.24, 2.45) is 0 Å². The van der Waals surface area contributed by atoms with E-state index in [1.54, 1.807) is 19.2 Å². The highest BCUT2D eigenvalue weighted by Crippen LogP contribution is 2.19. The van der Waals surface area contributed by atoms with Gasteiger partial charge >= 0.3 is 0 Å². The molecule has 3 aromatic rings. The van der Waals surface area contributed by atoms with Crippen LogP contribution in [0.4, 0.5) is 0 Å². The first-order valence-corrected chi connectivity index (χ1v) is 9.06. The molecule has 0 radical (unpaired) electrons. The zero-order chi connectivity index (χ0) is 19.8. The van der Waals surface area contributed by atoms with Crippen LogP contribution in [0.5, 0.6) is 5.75 Å². The highest BCUT2D eigenvalue weighted by molar-refractivity contribution is 5.76. The number of hydrogen-bond donors (Lipinski definition) is 2. The Morgan fingerprint density at radius 1 is 1.07 bits per heavy atom. The Balaban J connectivity index is 1.53. The van der Waals surface area contributed by atoms with Gasteiger partial charge in [0.05, 0.1) is 7.11 Å². The average Bonchev–Trinajstić information content (AvgIpc) is 2.73. The molecule has 0 saturated heterocycles. The molecule has 7 nitrogen and oxygen atoms in total. The molecule has 0 bridgehead atoms. The van der Waals surface area contributed by atoms with Crippen LogP contribution in [0.25, 0.3) is 11.4 Å². The number of nitrogens with zero attached hydrogens (tertiary/aromatic N) is 2. The number of ether oxygens (including phenoxy) is 1. The number of carbonyl (C=O) groups excluding carboxylic acids is 1. The molecule has 1 aromatic heterocycles. The molecule has 0 atom stereocenters. The molecule has 7 heteroatoms. The maximum absolute atomic E-state index is 12.3. The lowest BCUT2D eigenvalue weighted by Crippen LogP contribution is -2.27. The van der Waals surface area contributed by atoms with Crippen molar-refractivity contribution >= 4 is 5.91 Å². The molecule has 0 spiro atoms. The number of benzene rings is 2. The van der Waals surface area contributed by atoms with Crippen LogP contribution in [0.15, 0.2) is 59.4 Å². The molecule has 0 aliphatic heterocycles. The quantitative estimate of drug-likeness (QED) is 0.626. The van der Waals surface area contributed by atoms with Gasteiger partial charge in [0, 0.05) is 24.9 Å². The van der Waals surface area contributed by atoms with E-state index in [-0.39, 0.29) is 30.0 Å². The third-order valence-electron chi connectivity index (χ3n) is 4.28. The summed E-state index contributed by atoms with van der Waals surface area (Å²) in [6, 6.07) is 17.1. The minimum absolute atomic E-state index is 0.117. The summed E-state index contributed by atoms with van der Waals surface area (Å²) in [5.74, 6) is 0.908. The zero-order valence-electron chi connectivity index (χ0n) is 15.6. The summed E-state index contributed by atoms with van der Waals surface area (Å²) >= 11 is 0. The number of nitrogens with one attached hydrogen (secondary N) is 2. The van der Waals surface area contributed by atoms with Gasteiger partial charge < -0.3 is 15.0 Å². The number of aromatic amines is 1. The van der Waals surface area contributed by atoms with Crippen molar-refractivity contribution < 1.29 is 9.53 Å². The number of carbonyl (C=O) groups is 1. The lowest BCUT2D eigenvalue weighted by molar-refractivity contribution is -0.121. The van der Waals surface area contributed by atoms with E-state index >= 15 is 0 Å². The van der Waals surface area contributed by atoms with Crippen LogP contribution >= 0.6 is 0 Å². The highest BCUT2D eigenvalue weighted by Gasteiger charge is 2.10. The van der Waals surface area contributed by atoms with Crippen LogP contribution < -0.4 is 15.6 Å². The summed E-state index contributed by atoms with van der Waals surface area (Å²) in [5.41, 5.74) is 1.77. The third-order valence-corrected chi connectivity index (χ3v) is 4.28. The van der Waals surface area contributed by atoms with Crippen molar-refractivity contribution in [1.82, 2.24) is 20.5 Å². The lowest BCUT2D eigenvalue weighted by Gasteiger charge is -2.06. The van der Waals surface area contributed by atoms with Crippen molar-refractivity contribution in [2.75, 3.05) is 13.7 Å². The van der Waals surface area contributed by atoms with Crippen LogP contribution in [-0.2, 0) is 17.6 Å². The molecule has 2 N–H and O–H groups in total. The van der Waals surface area contributed by atoms with Gasteiger partial charge in [0.1, 0.15) is 11.4 Å². The second-order valence-corrected chi connectivity index (χ2v) is 6.27. The van der Waals surface area contributed by atoms with E-state index in [0.717, 1.165) is 6.42 Å². The fourth-order valence-electron chi connectivity index (χ4n) is 2.74. The Labute approximate surface area is 162 Å². The fraction of sp³-hybridized carbons (Fsp3) is 0.238. The van der Waals surface area contributed by atoms with Crippen LogP contribution in [0.1, 0.15) is 17.7 Å². The Kier molecular flexibility index (Phi) is 6.51. The van der Waals surface area contributed by atoms with Crippen LogP contribution in [0, 0.1) is 0 Å². The Bertz CT molecular complexity index is 986. The molecule has 0 unspecified atom stereocenters. The van der Waals surface area contributed by atoms with Gasteiger partial charge in [-0.2, -0.15) is 0 Å². The monoisotopic (exact) mass is 378 g/mol. The van der Waals surface area contributed by atoms with Gasteiger partial charge in [-0.05, 0) is 24.1 Å². The highest BCUT2D eigenvalue weighted by atomic mass is 16.5. The van der Waals surface area contributed by atoms with E-state index in [1.165, 1.54) is 5.56 Å². The first-order chi connectivity index (χ1) is 13.7. The average molecular weight is 378 g/mol. The molecule has 3 rings (SSSR count). The van der Waals surface area contributed by atoms with Gasteiger partial charge in [0.15, 0.2) is 5.82 Å². The van der Waals surface area contributed by atoms with E-state index < -0.39 is 0 Å². The molecule has 0 aliphatic rings. The summed E-state index contributed by atoms with van der Waals surface area (Å²) in [6.07, 6.45) is 1.19. The van der Waals surface area contributed by atoms with Crippen LogP contribution in [-0.4, -0.2) is 34.7 Å². The van der Waals surface area contributed by atoms with E-state index in [1.807, 2.05) is 42.5 Å². The number of amides is 1. The Morgan fingerprint density at radius 3 is 2.64 bits per heavy atom. The molecular formula is C21H22N4O3. The van der Waals surface area contributed by atoms with Crippen molar-refractivity contribution in [2.45, 2.75) is 19.3 Å². The number of aromatic nitrogens is 3. The summed E-state index contributed by atoms with van der Waals surface area (Å²) < 4.78 is 5.17. The first-order valence-electron chi connectivity index (χ1n) is 9.06. The van der Waals surface area contributed by atoms with E-state index in [0.29, 0.717) is 23.7 Å². The standard InChI is InChI=1S/C21H22N4O3/c1-28-17-9-5-8-16(14-17)20-23-21(27)18(24-25-20)10-11-19(26)22-13-12-15-6-3-2-4-7-15/h2-9,14H,10-13H2,1H3,(H,22,26)(H,23,25,27). The van der Waals surface area contributed by atoms with Gasteiger partial charge in [-0.3, -0.25) is 9.59 Å². The minimum Gasteiger partial charge on any atom is -0.497 e. The molecular weight excluding hydrogens is 356 g/mol. The van der Waals surface area contributed by atoms with Gasteiger partial charge in [0.2, 0.25) is 5.91 Å². The van der Waals surface area contributed by atoms with E-state index in [9.17, 15) is 9.59 Å². The third kappa shape index (κ3) is 5.26.